The van der Waals surface area contributed by atoms with Crippen LogP contribution in [0.3, 0.4) is 0 Å². The van der Waals surface area contributed by atoms with E-state index >= 15 is 0 Å². The van der Waals surface area contributed by atoms with Crippen molar-refractivity contribution in [3.05, 3.63) is 29.8 Å². The predicted octanol–water partition coefficient (Wildman–Crippen LogP) is 2.95. The van der Waals surface area contributed by atoms with Crippen molar-refractivity contribution in [1.82, 2.24) is 0 Å². The van der Waals surface area contributed by atoms with Crippen LogP contribution in [0.2, 0.25) is 0 Å². The first-order valence-corrected chi connectivity index (χ1v) is 7.67. The Hall–Kier alpha value is 0.0800. The Morgan fingerprint density at radius 2 is 1.56 bits per heavy atom. The number of sulfone groups is 1. The molecule has 0 aromatic heterocycles. The summed E-state index contributed by atoms with van der Waals surface area (Å²) >= 11 is 8.74. The Balaban J connectivity index is 3.23. The monoisotopic (exact) mass is 434 g/mol. The standard InChI is InChI=1S/C8H5Br3O4S/c9-8(10,11)16(14,15)6-3-1-5(2-4-6)7(12)13/h1-4H,(H,12,13). The van der Waals surface area contributed by atoms with E-state index in [1.54, 1.807) is 0 Å². The molecule has 0 saturated carbocycles. The largest absolute Gasteiger partial charge is 0.478 e. The Morgan fingerprint density at radius 3 is 1.88 bits per heavy atom. The molecule has 0 aliphatic heterocycles. The number of carbonyl (C=O) groups is 1. The minimum Gasteiger partial charge on any atom is -0.478 e. The van der Waals surface area contributed by atoms with E-state index in [0.717, 1.165) is 0 Å². The normalized spacial score (nSPS) is 12.4. The van der Waals surface area contributed by atoms with Gasteiger partial charge in [0, 0.05) is 0 Å². The smallest absolute Gasteiger partial charge is 0.335 e. The number of rotatable bonds is 2. The molecule has 4 nitrogen and oxygen atoms in total. The summed E-state index contributed by atoms with van der Waals surface area (Å²) in [5, 5.41) is 8.66. The van der Waals surface area contributed by atoms with Crippen LogP contribution in [-0.4, -0.2) is 21.0 Å². The lowest BCUT2D eigenvalue weighted by Gasteiger charge is -2.13. The minimum atomic E-state index is -3.66. The number of benzene rings is 1. The lowest BCUT2D eigenvalue weighted by Crippen LogP contribution is -2.17. The third-order valence-electron chi connectivity index (χ3n) is 1.72. The number of carboxylic acids is 1. The molecule has 0 bridgehead atoms. The van der Waals surface area contributed by atoms with E-state index in [1.807, 2.05) is 0 Å². The van der Waals surface area contributed by atoms with Crippen LogP contribution in [0, 0.1) is 0 Å². The predicted molar refractivity (Wildman–Crippen MR) is 70.1 cm³/mol. The van der Waals surface area contributed by atoms with Gasteiger partial charge in [-0.3, -0.25) is 0 Å². The Kier molecular flexibility index (Phi) is 4.20. The molecule has 0 radical (unpaired) electrons. The highest BCUT2D eigenvalue weighted by atomic mass is 80.0. The topological polar surface area (TPSA) is 71.4 Å². The highest BCUT2D eigenvalue weighted by Gasteiger charge is 2.37. The number of carboxylic acid groups (broad SMARTS) is 1. The van der Waals surface area contributed by atoms with Crippen LogP contribution in [0.5, 0.6) is 0 Å². The molecule has 8 heteroatoms. The van der Waals surface area contributed by atoms with E-state index in [9.17, 15) is 13.2 Å². The van der Waals surface area contributed by atoms with E-state index < -0.39 is 17.3 Å². The van der Waals surface area contributed by atoms with Gasteiger partial charge in [-0.15, -0.1) is 0 Å². The van der Waals surface area contributed by atoms with Crippen molar-refractivity contribution < 1.29 is 18.3 Å². The highest BCUT2D eigenvalue weighted by Crippen LogP contribution is 2.43. The maximum absolute atomic E-state index is 11.8. The Morgan fingerprint density at radius 1 is 1.12 bits per heavy atom. The zero-order valence-electron chi connectivity index (χ0n) is 7.52. The van der Waals surface area contributed by atoms with Crippen molar-refractivity contribution in [2.75, 3.05) is 0 Å². The fourth-order valence-corrected chi connectivity index (χ4v) is 3.35. The van der Waals surface area contributed by atoms with Gasteiger partial charge in [0.1, 0.15) is 0 Å². The summed E-state index contributed by atoms with van der Waals surface area (Å²) in [6.45, 7) is 0. The van der Waals surface area contributed by atoms with E-state index in [0.29, 0.717) is 0 Å². The molecule has 0 aliphatic carbocycles. The number of alkyl halides is 3. The summed E-state index contributed by atoms with van der Waals surface area (Å²) in [5.41, 5.74) is 0.0308. The van der Waals surface area contributed by atoms with Gasteiger partial charge < -0.3 is 5.11 Å². The van der Waals surface area contributed by atoms with Gasteiger partial charge in [0.25, 0.3) is 0 Å². The number of hydrogen-bond acceptors (Lipinski definition) is 3. The SMILES string of the molecule is O=C(O)c1ccc(S(=O)(=O)C(Br)(Br)Br)cc1. The molecule has 0 spiro atoms. The van der Waals surface area contributed by atoms with Gasteiger partial charge in [-0.05, 0) is 72.1 Å². The molecule has 0 unspecified atom stereocenters. The van der Waals surface area contributed by atoms with Crippen LogP contribution in [0.4, 0.5) is 0 Å². The zero-order valence-corrected chi connectivity index (χ0v) is 13.1. The van der Waals surface area contributed by atoms with Gasteiger partial charge in [0.2, 0.25) is 11.3 Å². The van der Waals surface area contributed by atoms with Crippen molar-refractivity contribution in [1.29, 1.82) is 0 Å². The molecule has 0 saturated heterocycles. The maximum atomic E-state index is 11.8. The maximum Gasteiger partial charge on any atom is 0.335 e. The van der Waals surface area contributed by atoms with Crippen LogP contribution in [0.25, 0.3) is 0 Å². The summed E-state index contributed by atoms with van der Waals surface area (Å²) in [7, 11) is -3.66. The molecule has 1 rings (SSSR count). The molecule has 1 N–H and O–H groups in total. The van der Waals surface area contributed by atoms with Gasteiger partial charge in [0.15, 0.2) is 0 Å². The molecule has 88 valence electrons. The Bertz CT molecular complexity index is 501. The molecule has 0 fully saturated rings. The number of aromatic carboxylic acids is 1. The second-order valence-electron chi connectivity index (χ2n) is 2.78. The molecule has 0 atom stereocenters. The fraction of sp³-hybridized carbons (Fsp3) is 0.125. The zero-order chi connectivity index (χ0) is 12.6. The van der Waals surface area contributed by atoms with Crippen molar-refractivity contribution in [3.63, 3.8) is 0 Å². The summed E-state index contributed by atoms with van der Waals surface area (Å²) in [5.74, 6) is -1.10. The van der Waals surface area contributed by atoms with Crippen molar-refractivity contribution >= 4 is 63.6 Å². The first-order chi connectivity index (χ1) is 7.16. The van der Waals surface area contributed by atoms with Crippen LogP contribution in [-0.2, 0) is 9.84 Å². The highest BCUT2D eigenvalue weighted by molar-refractivity contribution is 9.42. The van der Waals surface area contributed by atoms with E-state index in [1.165, 1.54) is 24.3 Å². The van der Waals surface area contributed by atoms with Gasteiger partial charge in [-0.25, -0.2) is 13.2 Å². The van der Waals surface area contributed by atoms with Crippen LogP contribution >= 0.6 is 47.8 Å². The van der Waals surface area contributed by atoms with Crippen LogP contribution in [0.1, 0.15) is 10.4 Å². The molecule has 0 heterocycles. The quantitative estimate of drug-likeness (QED) is 0.723. The molecule has 0 amide bonds. The van der Waals surface area contributed by atoms with Gasteiger partial charge >= 0.3 is 5.97 Å². The molecule has 16 heavy (non-hydrogen) atoms. The molecule has 1 aromatic rings. The van der Waals surface area contributed by atoms with E-state index in [-0.39, 0.29) is 10.5 Å². The van der Waals surface area contributed by atoms with Gasteiger partial charge in [-0.1, -0.05) is 0 Å². The summed E-state index contributed by atoms with van der Waals surface area (Å²) in [6.07, 6.45) is 0. The summed E-state index contributed by atoms with van der Waals surface area (Å²) in [6, 6.07) is 4.93. The minimum absolute atomic E-state index is 0.00289. The third-order valence-corrected chi connectivity index (χ3v) is 7.05. The fourth-order valence-electron chi connectivity index (χ4n) is 0.910. The third kappa shape index (κ3) is 2.85. The second kappa shape index (κ2) is 4.75. The van der Waals surface area contributed by atoms with Crippen LogP contribution < -0.4 is 0 Å². The van der Waals surface area contributed by atoms with Gasteiger partial charge in [0.05, 0.1) is 10.5 Å². The lowest BCUT2D eigenvalue weighted by atomic mass is 10.2. The van der Waals surface area contributed by atoms with E-state index in [4.69, 9.17) is 5.11 Å². The first-order valence-electron chi connectivity index (χ1n) is 3.81. The van der Waals surface area contributed by atoms with Crippen LogP contribution in [0.15, 0.2) is 29.2 Å². The average Bonchev–Trinajstić information content (AvgIpc) is 2.16. The van der Waals surface area contributed by atoms with E-state index in [2.05, 4.69) is 47.8 Å². The first kappa shape index (κ1) is 14.1. The second-order valence-corrected chi connectivity index (χ2v) is 13.2. The molecular formula is C8H5Br3O4S. The molecule has 0 aliphatic rings. The molecular weight excluding hydrogens is 432 g/mol. The lowest BCUT2D eigenvalue weighted by molar-refractivity contribution is 0.0697. The van der Waals surface area contributed by atoms with Crippen molar-refractivity contribution in [3.8, 4) is 0 Å². The Labute approximate surface area is 117 Å². The summed E-state index contributed by atoms with van der Waals surface area (Å²) < 4.78 is 22.2. The average molecular weight is 437 g/mol. The summed E-state index contributed by atoms with van der Waals surface area (Å²) in [4.78, 5) is 10.6. The van der Waals surface area contributed by atoms with Crippen molar-refractivity contribution in [2.45, 2.75) is 6.37 Å². The molecule has 1 aromatic carbocycles. The van der Waals surface area contributed by atoms with Gasteiger partial charge in [-0.2, -0.15) is 0 Å². The number of hydrogen-bond donors (Lipinski definition) is 1. The number of halogens is 3. The van der Waals surface area contributed by atoms with Crippen molar-refractivity contribution in [2.24, 2.45) is 0 Å².